The second kappa shape index (κ2) is 5.55. The van der Waals surface area contributed by atoms with E-state index in [1.165, 1.54) is 12.1 Å². The van der Waals surface area contributed by atoms with Crippen molar-refractivity contribution in [2.45, 2.75) is 20.3 Å². The summed E-state index contributed by atoms with van der Waals surface area (Å²) in [4.78, 5) is 16.7. The molecule has 0 aliphatic carbocycles. The number of rotatable bonds is 3. The van der Waals surface area contributed by atoms with Crippen LogP contribution in [0.2, 0.25) is 0 Å². The SMILES string of the molecule is CCc1cc(C(=O)Nc2cc(F)ccc2C)nc2ccnn12. The van der Waals surface area contributed by atoms with Gasteiger partial charge in [0.15, 0.2) is 5.65 Å². The van der Waals surface area contributed by atoms with Crippen LogP contribution in [0.25, 0.3) is 5.65 Å². The van der Waals surface area contributed by atoms with E-state index in [1.807, 2.05) is 6.92 Å². The topological polar surface area (TPSA) is 59.3 Å². The van der Waals surface area contributed by atoms with Crippen LogP contribution in [0.5, 0.6) is 0 Å². The third-order valence-corrected chi connectivity index (χ3v) is 3.48. The van der Waals surface area contributed by atoms with Crippen LogP contribution in [0.1, 0.15) is 28.7 Å². The van der Waals surface area contributed by atoms with Crippen molar-refractivity contribution in [3.05, 3.63) is 59.3 Å². The normalized spacial score (nSPS) is 10.9. The average Bonchev–Trinajstić information content (AvgIpc) is 2.98. The van der Waals surface area contributed by atoms with E-state index in [2.05, 4.69) is 15.4 Å². The number of carbonyl (C=O) groups is 1. The van der Waals surface area contributed by atoms with Gasteiger partial charge in [0.05, 0.1) is 6.20 Å². The Balaban J connectivity index is 1.96. The van der Waals surface area contributed by atoms with Gasteiger partial charge >= 0.3 is 0 Å². The van der Waals surface area contributed by atoms with Gasteiger partial charge in [-0.25, -0.2) is 13.9 Å². The van der Waals surface area contributed by atoms with E-state index < -0.39 is 5.82 Å². The molecule has 0 saturated heterocycles. The summed E-state index contributed by atoms with van der Waals surface area (Å²) in [6.07, 6.45) is 2.36. The molecule has 112 valence electrons. The van der Waals surface area contributed by atoms with E-state index >= 15 is 0 Å². The number of aromatic nitrogens is 3. The van der Waals surface area contributed by atoms with E-state index in [4.69, 9.17) is 0 Å². The van der Waals surface area contributed by atoms with Crippen LogP contribution >= 0.6 is 0 Å². The van der Waals surface area contributed by atoms with Crippen molar-refractivity contribution in [1.29, 1.82) is 0 Å². The quantitative estimate of drug-likeness (QED) is 0.808. The molecule has 2 aromatic heterocycles. The maximum atomic E-state index is 13.3. The van der Waals surface area contributed by atoms with Crippen molar-refractivity contribution in [1.82, 2.24) is 14.6 Å². The van der Waals surface area contributed by atoms with Crippen molar-refractivity contribution in [2.24, 2.45) is 0 Å². The van der Waals surface area contributed by atoms with Crippen molar-refractivity contribution in [3.63, 3.8) is 0 Å². The van der Waals surface area contributed by atoms with Gasteiger partial charge in [0.2, 0.25) is 0 Å². The van der Waals surface area contributed by atoms with E-state index in [0.717, 1.165) is 17.7 Å². The van der Waals surface area contributed by atoms with Gasteiger partial charge < -0.3 is 5.32 Å². The molecule has 0 aliphatic rings. The number of aryl methyl sites for hydroxylation is 2. The molecule has 3 rings (SSSR count). The molecule has 1 aromatic carbocycles. The minimum atomic E-state index is -0.394. The fraction of sp³-hybridized carbons (Fsp3) is 0.188. The van der Waals surface area contributed by atoms with Crippen LogP contribution in [0.4, 0.5) is 10.1 Å². The van der Waals surface area contributed by atoms with Crippen LogP contribution in [-0.2, 0) is 6.42 Å². The molecule has 22 heavy (non-hydrogen) atoms. The highest BCUT2D eigenvalue weighted by Crippen LogP contribution is 2.17. The maximum absolute atomic E-state index is 13.3. The van der Waals surface area contributed by atoms with Crippen molar-refractivity contribution in [2.75, 3.05) is 5.32 Å². The highest BCUT2D eigenvalue weighted by atomic mass is 19.1. The van der Waals surface area contributed by atoms with Gasteiger partial charge in [-0.1, -0.05) is 13.0 Å². The standard InChI is InChI=1S/C16H15FN4O/c1-3-12-9-14(19-15-6-7-18-21(12)15)16(22)20-13-8-11(17)5-4-10(13)2/h4-9H,3H2,1-2H3,(H,20,22). The zero-order valence-corrected chi connectivity index (χ0v) is 12.3. The first kappa shape index (κ1) is 14.2. The predicted octanol–water partition coefficient (Wildman–Crippen LogP) is 2.99. The molecule has 0 saturated carbocycles. The highest BCUT2D eigenvalue weighted by Gasteiger charge is 2.13. The number of nitrogens with zero attached hydrogens (tertiary/aromatic N) is 3. The van der Waals surface area contributed by atoms with Gasteiger partial charge in [0, 0.05) is 17.4 Å². The van der Waals surface area contributed by atoms with Gasteiger partial charge in [-0.2, -0.15) is 5.10 Å². The Labute approximate surface area is 126 Å². The molecule has 0 atom stereocenters. The molecule has 6 heteroatoms. The van der Waals surface area contributed by atoms with E-state index in [9.17, 15) is 9.18 Å². The molecule has 1 N–H and O–H groups in total. The second-order valence-corrected chi connectivity index (χ2v) is 5.00. The lowest BCUT2D eigenvalue weighted by atomic mass is 10.2. The molecule has 1 amide bonds. The number of halogens is 1. The molecule has 3 aromatic rings. The lowest BCUT2D eigenvalue weighted by Gasteiger charge is -2.09. The lowest BCUT2D eigenvalue weighted by molar-refractivity contribution is 0.102. The third kappa shape index (κ3) is 2.55. The van der Waals surface area contributed by atoms with Gasteiger partial charge in [-0.05, 0) is 37.1 Å². The van der Waals surface area contributed by atoms with Crippen LogP contribution in [0.3, 0.4) is 0 Å². The summed E-state index contributed by atoms with van der Waals surface area (Å²) in [6, 6.07) is 7.71. The Morgan fingerprint density at radius 1 is 1.32 bits per heavy atom. The van der Waals surface area contributed by atoms with Gasteiger partial charge in [0.25, 0.3) is 5.91 Å². The third-order valence-electron chi connectivity index (χ3n) is 3.48. The Hall–Kier alpha value is -2.76. The molecule has 2 heterocycles. The summed E-state index contributed by atoms with van der Waals surface area (Å²) in [5.41, 5.74) is 3.01. The number of benzene rings is 1. The maximum Gasteiger partial charge on any atom is 0.274 e. The van der Waals surface area contributed by atoms with E-state index in [1.54, 1.807) is 35.8 Å². The van der Waals surface area contributed by atoms with Crippen LogP contribution < -0.4 is 5.32 Å². The molecule has 0 unspecified atom stereocenters. The largest absolute Gasteiger partial charge is 0.320 e. The molecule has 0 aliphatic heterocycles. The zero-order valence-electron chi connectivity index (χ0n) is 12.3. The van der Waals surface area contributed by atoms with Crippen molar-refractivity contribution < 1.29 is 9.18 Å². The molecule has 0 spiro atoms. The molecule has 0 fully saturated rings. The van der Waals surface area contributed by atoms with Crippen molar-refractivity contribution in [3.8, 4) is 0 Å². The Bertz CT molecular complexity index is 856. The van der Waals surface area contributed by atoms with Gasteiger partial charge in [-0.3, -0.25) is 4.79 Å². The first-order valence-electron chi connectivity index (χ1n) is 6.99. The minimum Gasteiger partial charge on any atom is -0.320 e. The minimum absolute atomic E-state index is 0.286. The number of hydrogen-bond donors (Lipinski definition) is 1. The fourth-order valence-corrected chi connectivity index (χ4v) is 2.26. The fourth-order valence-electron chi connectivity index (χ4n) is 2.26. The zero-order chi connectivity index (χ0) is 15.7. The first-order valence-corrected chi connectivity index (χ1v) is 6.99. The van der Waals surface area contributed by atoms with Crippen LogP contribution in [0, 0.1) is 12.7 Å². The Morgan fingerprint density at radius 3 is 2.91 bits per heavy atom. The lowest BCUT2D eigenvalue weighted by Crippen LogP contribution is -2.16. The van der Waals surface area contributed by atoms with Gasteiger partial charge in [-0.15, -0.1) is 0 Å². The van der Waals surface area contributed by atoms with Crippen LogP contribution in [0.15, 0.2) is 36.5 Å². The summed E-state index contributed by atoms with van der Waals surface area (Å²) < 4.78 is 15.0. The molecule has 0 radical (unpaired) electrons. The average molecular weight is 298 g/mol. The molecular formula is C16H15FN4O. The highest BCUT2D eigenvalue weighted by molar-refractivity contribution is 6.03. The number of nitrogens with one attached hydrogen (secondary N) is 1. The summed E-state index contributed by atoms with van der Waals surface area (Å²) >= 11 is 0. The van der Waals surface area contributed by atoms with E-state index in [0.29, 0.717) is 11.3 Å². The van der Waals surface area contributed by atoms with Gasteiger partial charge in [0.1, 0.15) is 11.5 Å². The number of fused-ring (bicyclic) bond motifs is 1. The number of carbonyl (C=O) groups excluding carboxylic acids is 1. The van der Waals surface area contributed by atoms with Crippen LogP contribution in [-0.4, -0.2) is 20.5 Å². The summed E-state index contributed by atoms with van der Waals surface area (Å²) in [6.45, 7) is 3.79. The molecule has 0 bridgehead atoms. The number of anilines is 1. The number of hydrogen-bond acceptors (Lipinski definition) is 3. The van der Waals surface area contributed by atoms with Crippen molar-refractivity contribution >= 4 is 17.2 Å². The second-order valence-electron chi connectivity index (χ2n) is 5.00. The summed E-state index contributed by atoms with van der Waals surface area (Å²) in [5.74, 6) is -0.763. The Kier molecular flexibility index (Phi) is 3.58. The first-order chi connectivity index (χ1) is 10.6. The number of amides is 1. The monoisotopic (exact) mass is 298 g/mol. The summed E-state index contributed by atoms with van der Waals surface area (Å²) in [7, 11) is 0. The Morgan fingerprint density at radius 2 is 2.14 bits per heavy atom. The van der Waals surface area contributed by atoms with E-state index in [-0.39, 0.29) is 11.6 Å². The predicted molar refractivity (Wildman–Crippen MR) is 81.5 cm³/mol. The molecule has 5 nitrogen and oxygen atoms in total. The summed E-state index contributed by atoms with van der Waals surface area (Å²) in [5, 5.41) is 6.88. The molecular weight excluding hydrogens is 283 g/mol. The smallest absolute Gasteiger partial charge is 0.274 e.